The average molecular weight is 301 g/mol. The number of amides is 2. The maximum absolute atomic E-state index is 11.8. The van der Waals surface area contributed by atoms with Crippen LogP contribution >= 0.6 is 11.6 Å². The van der Waals surface area contributed by atoms with Crippen molar-refractivity contribution in [3.05, 3.63) is 28.8 Å². The third kappa shape index (κ3) is 4.71. The molecule has 0 saturated carbocycles. The Morgan fingerprint density at radius 3 is 2.60 bits per heavy atom. The number of benzene rings is 1. The van der Waals surface area contributed by atoms with Crippen molar-refractivity contribution in [3.8, 4) is 0 Å². The third-order valence-corrected chi connectivity index (χ3v) is 2.99. The molecule has 0 saturated heterocycles. The fourth-order valence-electron chi connectivity index (χ4n) is 1.47. The van der Waals surface area contributed by atoms with Gasteiger partial charge in [0, 0.05) is 19.3 Å². The molecule has 1 unspecified atom stereocenters. The number of aromatic carboxylic acids is 1. The highest BCUT2D eigenvalue weighted by molar-refractivity contribution is 6.33. The molecule has 0 bridgehead atoms. The predicted molar refractivity (Wildman–Crippen MR) is 76.4 cm³/mol. The summed E-state index contributed by atoms with van der Waals surface area (Å²) in [4.78, 5) is 24.1. The van der Waals surface area contributed by atoms with Gasteiger partial charge >= 0.3 is 12.0 Å². The molecule has 1 aromatic carbocycles. The number of aliphatic hydroxyl groups excluding tert-OH is 1. The van der Waals surface area contributed by atoms with Gasteiger partial charge in [-0.2, -0.15) is 0 Å². The minimum atomic E-state index is -1.12. The Labute approximate surface area is 122 Å². The standard InChI is InChI=1S/C13H17ClN2O4/c1-8(17)5-6-16(2)13(20)15-9-3-4-10(12(18)19)11(14)7-9/h3-4,7-8,17H,5-6H2,1-2H3,(H,15,20)(H,18,19). The lowest BCUT2D eigenvalue weighted by molar-refractivity contribution is 0.0697. The lowest BCUT2D eigenvalue weighted by Crippen LogP contribution is -2.33. The number of halogens is 1. The van der Waals surface area contributed by atoms with E-state index in [0.717, 1.165) is 0 Å². The molecule has 1 atom stereocenters. The van der Waals surface area contributed by atoms with Gasteiger partial charge in [0.15, 0.2) is 0 Å². The molecule has 7 heteroatoms. The Kier molecular flexibility index (Phi) is 5.79. The first-order valence-electron chi connectivity index (χ1n) is 6.04. The van der Waals surface area contributed by atoms with Crippen LogP contribution in [0.25, 0.3) is 0 Å². The van der Waals surface area contributed by atoms with E-state index in [9.17, 15) is 9.59 Å². The first-order chi connectivity index (χ1) is 9.31. The van der Waals surface area contributed by atoms with Crippen molar-refractivity contribution in [2.75, 3.05) is 18.9 Å². The van der Waals surface area contributed by atoms with Gasteiger partial charge in [-0.05, 0) is 31.5 Å². The maximum Gasteiger partial charge on any atom is 0.337 e. The van der Waals surface area contributed by atoms with Crippen LogP contribution in [0.1, 0.15) is 23.7 Å². The number of urea groups is 1. The normalized spacial score (nSPS) is 11.8. The SMILES string of the molecule is CC(O)CCN(C)C(=O)Nc1ccc(C(=O)O)c(Cl)c1. The van der Waals surface area contributed by atoms with Crippen molar-refractivity contribution in [3.63, 3.8) is 0 Å². The number of nitrogens with one attached hydrogen (secondary N) is 1. The molecule has 20 heavy (non-hydrogen) atoms. The van der Waals surface area contributed by atoms with Crippen LogP contribution in [-0.2, 0) is 0 Å². The second-order valence-electron chi connectivity index (χ2n) is 4.49. The number of hydrogen-bond donors (Lipinski definition) is 3. The smallest absolute Gasteiger partial charge is 0.337 e. The van der Waals surface area contributed by atoms with E-state index in [1.807, 2.05) is 0 Å². The number of carbonyl (C=O) groups is 2. The highest BCUT2D eigenvalue weighted by Gasteiger charge is 2.12. The predicted octanol–water partition coefficient (Wildman–Crippen LogP) is 2.27. The summed E-state index contributed by atoms with van der Waals surface area (Å²) in [6.07, 6.45) is -0.00244. The molecule has 6 nitrogen and oxygen atoms in total. The van der Waals surface area contributed by atoms with Gasteiger partial charge in [-0.1, -0.05) is 11.6 Å². The molecule has 0 aliphatic rings. The van der Waals surface area contributed by atoms with Crippen LogP contribution in [-0.4, -0.2) is 46.8 Å². The average Bonchev–Trinajstić information content (AvgIpc) is 2.35. The molecule has 0 radical (unpaired) electrons. The van der Waals surface area contributed by atoms with Crippen molar-refractivity contribution in [2.24, 2.45) is 0 Å². The second-order valence-corrected chi connectivity index (χ2v) is 4.90. The highest BCUT2D eigenvalue weighted by atomic mass is 35.5. The van der Waals surface area contributed by atoms with Crippen molar-refractivity contribution in [1.29, 1.82) is 0 Å². The fourth-order valence-corrected chi connectivity index (χ4v) is 1.73. The van der Waals surface area contributed by atoms with Crippen LogP contribution < -0.4 is 5.32 Å². The zero-order valence-corrected chi connectivity index (χ0v) is 12.0. The van der Waals surface area contributed by atoms with Crippen LogP contribution in [0, 0.1) is 0 Å². The largest absolute Gasteiger partial charge is 0.478 e. The molecule has 110 valence electrons. The van der Waals surface area contributed by atoms with Crippen molar-refractivity contribution < 1.29 is 19.8 Å². The Hall–Kier alpha value is -1.79. The molecule has 1 rings (SSSR count). The molecule has 0 spiro atoms. The van der Waals surface area contributed by atoms with Gasteiger partial charge in [0.05, 0.1) is 16.7 Å². The van der Waals surface area contributed by atoms with Crippen molar-refractivity contribution in [1.82, 2.24) is 4.90 Å². The first-order valence-corrected chi connectivity index (χ1v) is 6.42. The van der Waals surface area contributed by atoms with Gasteiger partial charge in [-0.15, -0.1) is 0 Å². The topological polar surface area (TPSA) is 89.9 Å². The number of aliphatic hydroxyl groups is 1. The summed E-state index contributed by atoms with van der Waals surface area (Å²) in [5.41, 5.74) is 0.390. The number of carbonyl (C=O) groups excluding carboxylic acids is 1. The molecule has 3 N–H and O–H groups in total. The van der Waals surface area contributed by atoms with Crippen molar-refractivity contribution in [2.45, 2.75) is 19.4 Å². The van der Waals surface area contributed by atoms with Crippen LogP contribution in [0.4, 0.5) is 10.5 Å². The number of hydrogen-bond acceptors (Lipinski definition) is 3. The number of anilines is 1. The van der Waals surface area contributed by atoms with Crippen LogP contribution in [0.3, 0.4) is 0 Å². The molecule has 2 amide bonds. The van der Waals surface area contributed by atoms with E-state index < -0.39 is 12.1 Å². The molecular formula is C13H17ClN2O4. The third-order valence-electron chi connectivity index (χ3n) is 2.68. The number of carboxylic acid groups (broad SMARTS) is 1. The summed E-state index contributed by atoms with van der Waals surface area (Å²) in [5.74, 6) is -1.12. The Bertz CT molecular complexity index is 505. The fraction of sp³-hybridized carbons (Fsp3) is 0.385. The van der Waals surface area contributed by atoms with Gasteiger partial charge < -0.3 is 20.4 Å². The van der Waals surface area contributed by atoms with Gasteiger partial charge in [-0.25, -0.2) is 9.59 Å². The zero-order valence-electron chi connectivity index (χ0n) is 11.3. The van der Waals surface area contributed by atoms with Crippen molar-refractivity contribution >= 4 is 29.3 Å². The summed E-state index contributed by atoms with van der Waals surface area (Å²) in [5, 5.41) is 20.7. The lowest BCUT2D eigenvalue weighted by atomic mass is 10.2. The Balaban J connectivity index is 2.66. The lowest BCUT2D eigenvalue weighted by Gasteiger charge is -2.18. The minimum absolute atomic E-state index is 0.0212. The summed E-state index contributed by atoms with van der Waals surface area (Å²) >= 11 is 5.81. The quantitative estimate of drug-likeness (QED) is 0.778. The van der Waals surface area contributed by atoms with Gasteiger partial charge in [-0.3, -0.25) is 0 Å². The summed E-state index contributed by atoms with van der Waals surface area (Å²) < 4.78 is 0. The summed E-state index contributed by atoms with van der Waals surface area (Å²) in [6.45, 7) is 2.06. The number of nitrogens with zero attached hydrogens (tertiary/aromatic N) is 1. The van der Waals surface area contributed by atoms with Gasteiger partial charge in [0.2, 0.25) is 0 Å². The molecule has 0 heterocycles. The molecule has 0 aliphatic carbocycles. The van der Waals surface area contributed by atoms with E-state index in [1.165, 1.54) is 23.1 Å². The van der Waals surface area contributed by atoms with E-state index in [2.05, 4.69) is 5.32 Å². The molecule has 0 aromatic heterocycles. The monoisotopic (exact) mass is 300 g/mol. The maximum atomic E-state index is 11.8. The summed E-state index contributed by atoms with van der Waals surface area (Å²) in [6, 6.07) is 3.82. The summed E-state index contributed by atoms with van der Waals surface area (Å²) in [7, 11) is 1.60. The van der Waals surface area contributed by atoms with Crippen LogP contribution in [0.2, 0.25) is 5.02 Å². The molecule has 0 fully saturated rings. The Morgan fingerprint density at radius 2 is 2.10 bits per heavy atom. The van der Waals surface area contributed by atoms with E-state index in [-0.39, 0.29) is 16.6 Å². The zero-order chi connectivity index (χ0) is 15.3. The van der Waals surface area contributed by atoms with E-state index in [0.29, 0.717) is 18.7 Å². The van der Waals surface area contributed by atoms with E-state index in [1.54, 1.807) is 14.0 Å². The molecule has 1 aromatic rings. The number of rotatable bonds is 5. The Morgan fingerprint density at radius 1 is 1.45 bits per heavy atom. The molecular weight excluding hydrogens is 284 g/mol. The van der Waals surface area contributed by atoms with Crippen LogP contribution in [0.15, 0.2) is 18.2 Å². The van der Waals surface area contributed by atoms with E-state index >= 15 is 0 Å². The second kappa shape index (κ2) is 7.12. The highest BCUT2D eigenvalue weighted by Crippen LogP contribution is 2.21. The first kappa shape index (κ1) is 16.3. The minimum Gasteiger partial charge on any atom is -0.478 e. The van der Waals surface area contributed by atoms with E-state index in [4.69, 9.17) is 21.8 Å². The van der Waals surface area contributed by atoms with Gasteiger partial charge in [0.1, 0.15) is 0 Å². The van der Waals surface area contributed by atoms with Gasteiger partial charge in [0.25, 0.3) is 0 Å². The molecule has 0 aliphatic heterocycles. The van der Waals surface area contributed by atoms with Crippen LogP contribution in [0.5, 0.6) is 0 Å². The number of carboxylic acids is 1.